The van der Waals surface area contributed by atoms with Crippen LogP contribution in [0.2, 0.25) is 0 Å². The Morgan fingerprint density at radius 2 is 1.73 bits per heavy atom. The van der Waals surface area contributed by atoms with Crippen molar-refractivity contribution in [3.05, 3.63) is 0 Å². The number of ether oxygens (including phenoxy) is 2. The smallest absolute Gasteiger partial charge is 0.187 e. The molecule has 22 heavy (non-hydrogen) atoms. The van der Waals surface area contributed by atoms with Crippen molar-refractivity contribution in [2.45, 2.75) is 62.0 Å². The highest BCUT2D eigenvalue weighted by molar-refractivity contribution is 5.56. The summed E-state index contributed by atoms with van der Waals surface area (Å²) in [6.45, 7) is 0.497. The SMILES string of the molecule is CC(O)C(O)C(OC1OC(CO)C(O)C(O)C1O)C(O)C=O. The molecular weight excluding hydrogens is 304 g/mol. The monoisotopic (exact) mass is 326 g/mol. The molecule has 1 saturated heterocycles. The van der Waals surface area contributed by atoms with Gasteiger partial charge in [-0.2, -0.15) is 0 Å². The van der Waals surface area contributed by atoms with Crippen molar-refractivity contribution >= 4 is 6.29 Å². The van der Waals surface area contributed by atoms with Crippen molar-refractivity contribution in [1.29, 1.82) is 0 Å². The molecule has 0 amide bonds. The van der Waals surface area contributed by atoms with Crippen molar-refractivity contribution in [3.8, 4) is 0 Å². The maximum atomic E-state index is 10.7. The van der Waals surface area contributed by atoms with Gasteiger partial charge in [0.05, 0.1) is 12.7 Å². The first-order valence-corrected chi connectivity index (χ1v) is 6.70. The molecule has 1 heterocycles. The van der Waals surface area contributed by atoms with Gasteiger partial charge in [-0.1, -0.05) is 0 Å². The van der Waals surface area contributed by atoms with Gasteiger partial charge in [-0.15, -0.1) is 0 Å². The maximum Gasteiger partial charge on any atom is 0.187 e. The zero-order valence-corrected chi connectivity index (χ0v) is 11.8. The first kappa shape index (κ1) is 19.4. The second kappa shape index (κ2) is 8.24. The van der Waals surface area contributed by atoms with Crippen LogP contribution in [0.3, 0.4) is 0 Å². The molecule has 0 radical (unpaired) electrons. The third-order valence-electron chi connectivity index (χ3n) is 3.45. The molecule has 1 rings (SSSR count). The molecule has 1 fully saturated rings. The van der Waals surface area contributed by atoms with E-state index in [1.54, 1.807) is 0 Å². The van der Waals surface area contributed by atoms with Gasteiger partial charge in [0, 0.05) is 0 Å². The maximum absolute atomic E-state index is 10.7. The van der Waals surface area contributed by atoms with E-state index in [1.165, 1.54) is 6.92 Å². The van der Waals surface area contributed by atoms with Crippen LogP contribution in [0.4, 0.5) is 0 Å². The van der Waals surface area contributed by atoms with Crippen molar-refractivity contribution in [2.24, 2.45) is 0 Å². The highest BCUT2D eigenvalue weighted by Gasteiger charge is 2.46. The molecular formula is C12H22O10. The molecule has 10 nitrogen and oxygen atoms in total. The number of aliphatic hydroxyl groups excluding tert-OH is 7. The third kappa shape index (κ3) is 4.19. The lowest BCUT2D eigenvalue weighted by atomic mass is 9.98. The summed E-state index contributed by atoms with van der Waals surface area (Å²) in [5.74, 6) is 0. The molecule has 0 aromatic carbocycles. The molecule has 9 unspecified atom stereocenters. The molecule has 0 aromatic rings. The van der Waals surface area contributed by atoms with Gasteiger partial charge in [0.2, 0.25) is 0 Å². The first-order valence-electron chi connectivity index (χ1n) is 6.70. The molecule has 1 aliphatic rings. The summed E-state index contributed by atoms with van der Waals surface area (Å²) in [5, 5.41) is 66.7. The van der Waals surface area contributed by atoms with Gasteiger partial charge < -0.3 is 50.0 Å². The Morgan fingerprint density at radius 3 is 2.18 bits per heavy atom. The molecule has 7 N–H and O–H groups in total. The van der Waals surface area contributed by atoms with Gasteiger partial charge in [-0.05, 0) is 6.92 Å². The van der Waals surface area contributed by atoms with Gasteiger partial charge in [-0.3, -0.25) is 0 Å². The molecule has 0 spiro atoms. The Morgan fingerprint density at radius 1 is 1.14 bits per heavy atom. The number of aliphatic hydroxyl groups is 7. The van der Waals surface area contributed by atoms with E-state index in [1.807, 2.05) is 0 Å². The topological polar surface area (TPSA) is 177 Å². The predicted molar refractivity (Wildman–Crippen MR) is 68.4 cm³/mol. The van der Waals surface area contributed by atoms with E-state index in [4.69, 9.17) is 14.6 Å². The zero-order valence-electron chi connectivity index (χ0n) is 11.8. The summed E-state index contributed by atoms with van der Waals surface area (Å²) in [6, 6.07) is 0. The number of rotatable bonds is 7. The number of carbonyl (C=O) groups excluding carboxylic acids is 1. The Balaban J connectivity index is 2.89. The van der Waals surface area contributed by atoms with E-state index in [9.17, 15) is 35.4 Å². The minimum atomic E-state index is -1.84. The van der Waals surface area contributed by atoms with Crippen molar-refractivity contribution in [3.63, 3.8) is 0 Å². The van der Waals surface area contributed by atoms with Gasteiger partial charge in [0.15, 0.2) is 12.6 Å². The quantitative estimate of drug-likeness (QED) is 0.225. The number of hydrogen-bond acceptors (Lipinski definition) is 10. The zero-order chi connectivity index (χ0) is 17.0. The van der Waals surface area contributed by atoms with Crippen LogP contribution in [-0.2, 0) is 14.3 Å². The van der Waals surface area contributed by atoms with E-state index in [2.05, 4.69) is 0 Å². The van der Waals surface area contributed by atoms with Crippen LogP contribution in [0.5, 0.6) is 0 Å². The lowest BCUT2D eigenvalue weighted by molar-refractivity contribution is -0.324. The van der Waals surface area contributed by atoms with Gasteiger partial charge in [-0.25, -0.2) is 0 Å². The Labute approximate surface area is 126 Å². The first-order chi connectivity index (χ1) is 10.2. The van der Waals surface area contributed by atoms with Crippen LogP contribution < -0.4 is 0 Å². The molecule has 1 aliphatic heterocycles. The largest absolute Gasteiger partial charge is 0.394 e. The molecule has 0 aliphatic carbocycles. The third-order valence-corrected chi connectivity index (χ3v) is 3.45. The van der Waals surface area contributed by atoms with Crippen molar-refractivity contribution < 1.29 is 50.0 Å². The predicted octanol–water partition coefficient (Wildman–Crippen LogP) is -4.53. The second-order valence-electron chi connectivity index (χ2n) is 5.16. The van der Waals surface area contributed by atoms with E-state index < -0.39 is 61.7 Å². The van der Waals surface area contributed by atoms with Crippen LogP contribution in [0.1, 0.15) is 6.92 Å². The molecule has 0 bridgehead atoms. The van der Waals surface area contributed by atoms with Crippen LogP contribution in [0.15, 0.2) is 0 Å². The van der Waals surface area contributed by atoms with Crippen molar-refractivity contribution in [1.82, 2.24) is 0 Å². The number of aldehydes is 1. The number of hydrogen-bond donors (Lipinski definition) is 7. The molecule has 130 valence electrons. The minimum absolute atomic E-state index is 0.0558. The van der Waals surface area contributed by atoms with Crippen molar-refractivity contribution in [2.75, 3.05) is 6.61 Å². The summed E-state index contributed by atoms with van der Waals surface area (Å²) >= 11 is 0. The van der Waals surface area contributed by atoms with Crippen LogP contribution in [-0.4, -0.2) is 104 Å². The summed E-state index contributed by atoms with van der Waals surface area (Å²) in [6.07, 6.45) is -14.5. The highest BCUT2D eigenvalue weighted by Crippen LogP contribution is 2.24. The highest BCUT2D eigenvalue weighted by atomic mass is 16.7. The minimum Gasteiger partial charge on any atom is -0.394 e. The van der Waals surface area contributed by atoms with Crippen LogP contribution in [0.25, 0.3) is 0 Å². The normalized spacial score (nSPS) is 38.1. The molecule has 0 aromatic heterocycles. The molecule has 10 heteroatoms. The van der Waals surface area contributed by atoms with Crippen LogP contribution in [0, 0.1) is 0 Å². The average molecular weight is 326 g/mol. The number of carbonyl (C=O) groups is 1. The Bertz CT molecular complexity index is 349. The van der Waals surface area contributed by atoms with Gasteiger partial charge in [0.1, 0.15) is 42.7 Å². The van der Waals surface area contributed by atoms with Crippen LogP contribution >= 0.6 is 0 Å². The van der Waals surface area contributed by atoms with E-state index in [0.29, 0.717) is 0 Å². The fourth-order valence-corrected chi connectivity index (χ4v) is 2.05. The van der Waals surface area contributed by atoms with E-state index in [-0.39, 0.29) is 6.29 Å². The Kier molecular flexibility index (Phi) is 7.25. The lowest BCUT2D eigenvalue weighted by Crippen LogP contribution is -2.61. The Hall–Kier alpha value is -0.690. The lowest BCUT2D eigenvalue weighted by Gasteiger charge is -2.41. The fourth-order valence-electron chi connectivity index (χ4n) is 2.05. The second-order valence-corrected chi connectivity index (χ2v) is 5.16. The summed E-state index contributed by atoms with van der Waals surface area (Å²) in [5.41, 5.74) is 0. The summed E-state index contributed by atoms with van der Waals surface area (Å²) in [7, 11) is 0. The average Bonchev–Trinajstić information content (AvgIpc) is 2.50. The molecule has 0 saturated carbocycles. The van der Waals surface area contributed by atoms with Gasteiger partial charge in [0.25, 0.3) is 0 Å². The van der Waals surface area contributed by atoms with E-state index >= 15 is 0 Å². The van der Waals surface area contributed by atoms with E-state index in [0.717, 1.165) is 0 Å². The van der Waals surface area contributed by atoms with Gasteiger partial charge >= 0.3 is 0 Å². The summed E-state index contributed by atoms with van der Waals surface area (Å²) < 4.78 is 10.1. The fraction of sp³-hybridized carbons (Fsp3) is 0.917. The molecule has 9 atom stereocenters. The standard InChI is InChI=1S/C12H22O10/c1-4(15)7(17)11(5(16)2-13)22-12-10(20)9(19)8(18)6(3-14)21-12/h2,4-12,14-20H,3H2,1H3. The summed E-state index contributed by atoms with van der Waals surface area (Å²) in [4.78, 5) is 10.7.